The summed E-state index contributed by atoms with van der Waals surface area (Å²) in [7, 11) is 1.74. The number of aromatic nitrogens is 3. The zero-order valence-electron chi connectivity index (χ0n) is 9.68. The van der Waals surface area contributed by atoms with Crippen molar-refractivity contribution in [3.8, 4) is 0 Å². The molecule has 5 heteroatoms. The zero-order valence-corrected chi connectivity index (χ0v) is 9.68. The first-order chi connectivity index (χ1) is 8.15. The summed E-state index contributed by atoms with van der Waals surface area (Å²) in [6.07, 6.45) is 1.54. The monoisotopic (exact) mass is 234 g/mol. The van der Waals surface area contributed by atoms with E-state index in [1.807, 2.05) is 6.07 Å². The molecule has 1 aromatic heterocycles. The average molecular weight is 234 g/mol. The third kappa shape index (κ3) is 2.34. The van der Waals surface area contributed by atoms with Crippen molar-refractivity contribution in [2.24, 2.45) is 12.8 Å². The highest BCUT2D eigenvalue weighted by molar-refractivity contribution is 5.24. The summed E-state index contributed by atoms with van der Waals surface area (Å²) in [5, 5.41) is 3.93. The van der Waals surface area contributed by atoms with E-state index in [1.54, 1.807) is 36.0 Å². The van der Waals surface area contributed by atoms with E-state index in [9.17, 15) is 4.39 Å². The molecule has 2 rings (SSSR count). The molecule has 0 saturated heterocycles. The molecule has 4 nitrogen and oxygen atoms in total. The Bertz CT molecular complexity index is 482. The molecule has 1 aromatic carbocycles. The van der Waals surface area contributed by atoms with E-state index in [4.69, 9.17) is 5.73 Å². The van der Waals surface area contributed by atoms with Gasteiger partial charge in [-0.1, -0.05) is 30.3 Å². The Morgan fingerprint density at radius 1 is 1.35 bits per heavy atom. The highest BCUT2D eigenvalue weighted by Crippen LogP contribution is 2.28. The fourth-order valence-corrected chi connectivity index (χ4v) is 1.76. The molecule has 1 atom stereocenters. The number of nitrogens with zero attached hydrogens (tertiary/aromatic N) is 3. The summed E-state index contributed by atoms with van der Waals surface area (Å²) in [5.41, 5.74) is 4.55. The summed E-state index contributed by atoms with van der Waals surface area (Å²) < 4.78 is 16.4. The number of hydrogen-bond acceptors (Lipinski definition) is 3. The number of benzene rings is 1. The summed E-state index contributed by atoms with van der Waals surface area (Å²) >= 11 is 0. The fraction of sp³-hybridized carbons (Fsp3) is 0.333. The van der Waals surface area contributed by atoms with Crippen LogP contribution in [0.4, 0.5) is 4.39 Å². The smallest absolute Gasteiger partial charge is 0.155 e. The van der Waals surface area contributed by atoms with Gasteiger partial charge in [0.15, 0.2) is 5.67 Å². The number of hydrogen-bond donors (Lipinski definition) is 1. The second-order valence-corrected chi connectivity index (χ2v) is 4.01. The Labute approximate surface area is 99.3 Å². The second-order valence-electron chi connectivity index (χ2n) is 4.01. The van der Waals surface area contributed by atoms with Gasteiger partial charge in [0.2, 0.25) is 0 Å². The summed E-state index contributed by atoms with van der Waals surface area (Å²) in [6.45, 7) is -0.0795. The maximum Gasteiger partial charge on any atom is 0.155 e. The Morgan fingerprint density at radius 3 is 2.59 bits per heavy atom. The van der Waals surface area contributed by atoms with Gasteiger partial charge >= 0.3 is 0 Å². The van der Waals surface area contributed by atoms with Crippen LogP contribution in [-0.2, 0) is 19.1 Å². The molecule has 0 saturated carbocycles. The Morgan fingerprint density at radius 2 is 2.06 bits per heavy atom. The van der Waals surface area contributed by atoms with Crippen molar-refractivity contribution in [3.05, 3.63) is 48.0 Å². The van der Waals surface area contributed by atoms with Crippen LogP contribution in [0.5, 0.6) is 0 Å². The van der Waals surface area contributed by atoms with Crippen LogP contribution in [0.25, 0.3) is 0 Å². The predicted molar refractivity (Wildman–Crippen MR) is 63.0 cm³/mol. The maximum atomic E-state index is 14.8. The van der Waals surface area contributed by atoms with Crippen molar-refractivity contribution in [2.75, 3.05) is 6.54 Å². The van der Waals surface area contributed by atoms with Crippen molar-refractivity contribution in [1.29, 1.82) is 0 Å². The second kappa shape index (κ2) is 4.63. The van der Waals surface area contributed by atoms with Crippen LogP contribution in [-0.4, -0.2) is 21.3 Å². The lowest BCUT2D eigenvalue weighted by molar-refractivity contribution is 0.170. The third-order valence-corrected chi connectivity index (χ3v) is 2.86. The number of alkyl halides is 1. The van der Waals surface area contributed by atoms with Crippen LogP contribution >= 0.6 is 0 Å². The normalized spacial score (nSPS) is 14.5. The van der Waals surface area contributed by atoms with Gasteiger partial charge in [-0.25, -0.2) is 9.37 Å². The first kappa shape index (κ1) is 11.7. The standard InChI is InChI=1S/C12H15FN4/c1-17-11(15-9-16-17)7-12(13,8-14)10-5-3-2-4-6-10/h2-6,9H,7-8,14H2,1H3. The first-order valence-electron chi connectivity index (χ1n) is 5.43. The molecular weight excluding hydrogens is 219 g/mol. The van der Waals surface area contributed by atoms with Gasteiger partial charge in [0.05, 0.1) is 0 Å². The summed E-state index contributed by atoms with van der Waals surface area (Å²) in [5.74, 6) is 0.585. The molecule has 0 aliphatic rings. The van der Waals surface area contributed by atoms with Gasteiger partial charge in [0, 0.05) is 20.0 Å². The molecule has 0 bridgehead atoms. The van der Waals surface area contributed by atoms with Gasteiger partial charge in [-0.05, 0) is 5.56 Å². The minimum absolute atomic E-state index is 0.0795. The molecule has 0 aliphatic carbocycles. The highest BCUT2D eigenvalue weighted by Gasteiger charge is 2.32. The van der Waals surface area contributed by atoms with Crippen LogP contribution in [0.3, 0.4) is 0 Å². The van der Waals surface area contributed by atoms with Crippen molar-refractivity contribution < 1.29 is 4.39 Å². The minimum atomic E-state index is -1.60. The summed E-state index contributed by atoms with van der Waals surface area (Å²) in [4.78, 5) is 4.03. The van der Waals surface area contributed by atoms with E-state index in [-0.39, 0.29) is 13.0 Å². The van der Waals surface area contributed by atoms with Crippen LogP contribution in [0.15, 0.2) is 36.7 Å². The number of rotatable bonds is 4. The van der Waals surface area contributed by atoms with E-state index in [1.165, 1.54) is 6.33 Å². The lowest BCUT2D eigenvalue weighted by Gasteiger charge is -2.23. The van der Waals surface area contributed by atoms with Crippen molar-refractivity contribution in [2.45, 2.75) is 12.1 Å². The third-order valence-electron chi connectivity index (χ3n) is 2.86. The molecule has 1 heterocycles. The minimum Gasteiger partial charge on any atom is -0.327 e. The SMILES string of the molecule is Cn1ncnc1CC(F)(CN)c1ccccc1. The molecule has 0 amide bonds. The van der Waals surface area contributed by atoms with Crippen molar-refractivity contribution in [3.63, 3.8) is 0 Å². The largest absolute Gasteiger partial charge is 0.327 e. The van der Waals surface area contributed by atoms with Gasteiger partial charge in [0.25, 0.3) is 0 Å². The Hall–Kier alpha value is -1.75. The van der Waals surface area contributed by atoms with E-state index >= 15 is 0 Å². The Kier molecular flexibility index (Phi) is 3.19. The number of aryl methyl sites for hydroxylation is 1. The van der Waals surface area contributed by atoms with Gasteiger partial charge < -0.3 is 5.73 Å². The van der Waals surface area contributed by atoms with Gasteiger partial charge in [-0.2, -0.15) is 5.10 Å². The first-order valence-corrected chi connectivity index (χ1v) is 5.43. The van der Waals surface area contributed by atoms with Crippen LogP contribution in [0, 0.1) is 0 Å². The topological polar surface area (TPSA) is 56.7 Å². The number of halogens is 1. The van der Waals surface area contributed by atoms with E-state index < -0.39 is 5.67 Å². The van der Waals surface area contributed by atoms with E-state index in [2.05, 4.69) is 10.1 Å². The Balaban J connectivity index is 2.30. The van der Waals surface area contributed by atoms with Gasteiger partial charge in [-0.15, -0.1) is 0 Å². The maximum absolute atomic E-state index is 14.8. The molecular formula is C12H15FN4. The molecule has 2 N–H and O–H groups in total. The fourth-order valence-electron chi connectivity index (χ4n) is 1.76. The van der Waals surface area contributed by atoms with Crippen molar-refractivity contribution in [1.82, 2.24) is 14.8 Å². The molecule has 0 radical (unpaired) electrons. The molecule has 90 valence electrons. The molecule has 2 aromatic rings. The highest BCUT2D eigenvalue weighted by atomic mass is 19.1. The molecule has 0 spiro atoms. The lowest BCUT2D eigenvalue weighted by Crippen LogP contribution is -2.33. The predicted octanol–water partition coefficient (Wildman–Crippen LogP) is 1.18. The van der Waals surface area contributed by atoms with E-state index in [0.29, 0.717) is 11.4 Å². The van der Waals surface area contributed by atoms with Crippen LogP contribution in [0.1, 0.15) is 11.4 Å². The van der Waals surface area contributed by atoms with Crippen LogP contribution in [0.2, 0.25) is 0 Å². The molecule has 1 unspecified atom stereocenters. The van der Waals surface area contributed by atoms with Crippen molar-refractivity contribution >= 4 is 0 Å². The lowest BCUT2D eigenvalue weighted by atomic mass is 9.92. The van der Waals surface area contributed by atoms with Gasteiger partial charge in [0.1, 0.15) is 12.2 Å². The van der Waals surface area contributed by atoms with E-state index in [0.717, 1.165) is 0 Å². The zero-order chi connectivity index (χ0) is 12.3. The molecule has 0 aliphatic heterocycles. The number of nitrogens with two attached hydrogens (primary N) is 1. The van der Waals surface area contributed by atoms with Crippen LogP contribution < -0.4 is 5.73 Å². The summed E-state index contributed by atoms with van der Waals surface area (Å²) in [6, 6.07) is 8.93. The molecule has 17 heavy (non-hydrogen) atoms. The van der Waals surface area contributed by atoms with Gasteiger partial charge in [-0.3, -0.25) is 4.68 Å². The quantitative estimate of drug-likeness (QED) is 0.864. The average Bonchev–Trinajstić information content (AvgIpc) is 2.76. The molecule has 0 fully saturated rings.